The van der Waals surface area contributed by atoms with Crippen LogP contribution in [0.25, 0.3) is 0 Å². The van der Waals surface area contributed by atoms with Crippen LogP contribution in [-0.4, -0.2) is 28.0 Å². The highest BCUT2D eigenvalue weighted by atomic mass is 16.5. The number of hydrogen-bond donors (Lipinski definition) is 2. The first-order valence-electron chi connectivity index (χ1n) is 8.18. The maximum Gasteiger partial charge on any atom is 0.0821 e. The summed E-state index contributed by atoms with van der Waals surface area (Å²) in [6.45, 7) is 11.3. The average molecular weight is 296 g/mol. The minimum atomic E-state index is -0.276. The van der Waals surface area contributed by atoms with Crippen LogP contribution in [0.4, 0.5) is 0 Å². The Hall–Kier alpha value is -0.910. The van der Waals surface area contributed by atoms with Crippen molar-refractivity contribution in [2.75, 3.05) is 6.61 Å². The van der Waals surface area contributed by atoms with Gasteiger partial charge in [0.2, 0.25) is 0 Å². The minimum Gasteiger partial charge on any atom is -0.374 e. The number of nitrogens with one attached hydrogen (secondary N) is 1. The highest BCUT2D eigenvalue weighted by Crippen LogP contribution is 2.23. The molecule has 0 bridgehead atoms. The fraction of sp³-hybridized carbons (Fsp3) is 0.812. The van der Waals surface area contributed by atoms with Crippen molar-refractivity contribution in [3.05, 3.63) is 18.0 Å². The third-order valence-corrected chi connectivity index (χ3v) is 4.51. The molecule has 21 heavy (non-hydrogen) atoms. The standard InChI is InChI=1S/C16H32N4O/c1-6-14(7-2)20-11-10-13(19-20)12-15(18-17)16(5,8-3)21-9-4/h10-11,14-15,18H,6-9,12,17H2,1-5H3. The maximum absolute atomic E-state index is 5.92. The van der Waals surface area contributed by atoms with Crippen LogP contribution in [0.5, 0.6) is 0 Å². The quantitative estimate of drug-likeness (QED) is 0.515. The molecule has 0 radical (unpaired) electrons. The van der Waals surface area contributed by atoms with E-state index in [9.17, 15) is 0 Å². The van der Waals surface area contributed by atoms with Gasteiger partial charge in [0.05, 0.1) is 23.4 Å². The molecule has 5 heteroatoms. The zero-order valence-electron chi connectivity index (χ0n) is 14.2. The first kappa shape index (κ1) is 18.1. The summed E-state index contributed by atoms with van der Waals surface area (Å²) < 4.78 is 8.00. The first-order valence-corrected chi connectivity index (χ1v) is 8.18. The van der Waals surface area contributed by atoms with Crippen molar-refractivity contribution in [3.63, 3.8) is 0 Å². The van der Waals surface area contributed by atoms with E-state index in [0.717, 1.165) is 31.4 Å². The summed E-state index contributed by atoms with van der Waals surface area (Å²) >= 11 is 0. The number of hydrogen-bond acceptors (Lipinski definition) is 4. The average Bonchev–Trinajstić information content (AvgIpc) is 2.94. The van der Waals surface area contributed by atoms with E-state index in [1.165, 1.54) is 0 Å². The minimum absolute atomic E-state index is 0.0486. The van der Waals surface area contributed by atoms with Gasteiger partial charge < -0.3 is 4.74 Å². The van der Waals surface area contributed by atoms with Gasteiger partial charge in [0, 0.05) is 19.2 Å². The normalized spacial score (nSPS) is 16.1. The second-order valence-corrected chi connectivity index (χ2v) is 5.78. The van der Waals surface area contributed by atoms with Crippen LogP contribution in [0.3, 0.4) is 0 Å². The third-order valence-electron chi connectivity index (χ3n) is 4.51. The Bertz CT molecular complexity index is 403. The van der Waals surface area contributed by atoms with Crippen LogP contribution >= 0.6 is 0 Å². The van der Waals surface area contributed by atoms with Gasteiger partial charge in [-0.2, -0.15) is 5.10 Å². The van der Waals surface area contributed by atoms with Gasteiger partial charge in [-0.25, -0.2) is 0 Å². The molecule has 122 valence electrons. The molecule has 0 amide bonds. The van der Waals surface area contributed by atoms with Gasteiger partial charge in [0.15, 0.2) is 0 Å². The second-order valence-electron chi connectivity index (χ2n) is 5.78. The van der Waals surface area contributed by atoms with E-state index in [1.54, 1.807) is 0 Å². The number of nitrogens with two attached hydrogens (primary N) is 1. The van der Waals surface area contributed by atoms with Gasteiger partial charge >= 0.3 is 0 Å². The molecule has 0 saturated heterocycles. The van der Waals surface area contributed by atoms with Gasteiger partial charge in [0.25, 0.3) is 0 Å². The molecular formula is C16H32N4O. The molecule has 0 fully saturated rings. The summed E-state index contributed by atoms with van der Waals surface area (Å²) in [5, 5.41) is 4.71. The van der Waals surface area contributed by atoms with E-state index in [1.807, 2.05) is 6.92 Å². The summed E-state index contributed by atoms with van der Waals surface area (Å²) in [5.41, 5.74) is 3.70. The lowest BCUT2D eigenvalue weighted by Gasteiger charge is -2.36. The third kappa shape index (κ3) is 4.53. The van der Waals surface area contributed by atoms with Crippen molar-refractivity contribution >= 4 is 0 Å². The van der Waals surface area contributed by atoms with Crippen molar-refractivity contribution < 1.29 is 4.74 Å². The van der Waals surface area contributed by atoms with Gasteiger partial charge in [-0.05, 0) is 39.2 Å². The van der Waals surface area contributed by atoms with Crippen LogP contribution in [-0.2, 0) is 11.2 Å². The Labute approximate surface area is 129 Å². The summed E-state index contributed by atoms with van der Waals surface area (Å²) in [4.78, 5) is 0. The van der Waals surface area contributed by atoms with Gasteiger partial charge in [-0.15, -0.1) is 0 Å². The summed E-state index contributed by atoms with van der Waals surface area (Å²) in [6, 6.07) is 2.62. The summed E-state index contributed by atoms with van der Waals surface area (Å²) in [7, 11) is 0. The van der Waals surface area contributed by atoms with E-state index in [-0.39, 0.29) is 11.6 Å². The zero-order chi connectivity index (χ0) is 15.9. The van der Waals surface area contributed by atoms with Crippen LogP contribution in [0, 0.1) is 0 Å². The van der Waals surface area contributed by atoms with E-state index in [2.05, 4.69) is 50.1 Å². The molecule has 5 nitrogen and oxygen atoms in total. The Balaban J connectivity index is 2.82. The van der Waals surface area contributed by atoms with E-state index < -0.39 is 0 Å². The summed E-state index contributed by atoms with van der Waals surface area (Å²) in [5.74, 6) is 5.77. The molecule has 0 aromatic carbocycles. The zero-order valence-corrected chi connectivity index (χ0v) is 14.2. The molecule has 0 spiro atoms. The Morgan fingerprint density at radius 3 is 2.48 bits per heavy atom. The lowest BCUT2D eigenvalue weighted by molar-refractivity contribution is -0.0553. The molecule has 0 saturated carbocycles. The van der Waals surface area contributed by atoms with Gasteiger partial charge in [-0.3, -0.25) is 16.0 Å². The monoisotopic (exact) mass is 296 g/mol. The van der Waals surface area contributed by atoms with E-state index >= 15 is 0 Å². The highest BCUT2D eigenvalue weighted by molar-refractivity contribution is 5.05. The SMILES string of the molecule is CCOC(C)(CC)C(Cc1ccn(C(CC)CC)n1)NN. The van der Waals surface area contributed by atoms with Crippen LogP contribution in [0.2, 0.25) is 0 Å². The lowest BCUT2D eigenvalue weighted by atomic mass is 9.90. The Morgan fingerprint density at radius 1 is 1.33 bits per heavy atom. The predicted octanol–water partition coefficient (Wildman–Crippen LogP) is 2.82. The van der Waals surface area contributed by atoms with Crippen molar-refractivity contribution in [3.8, 4) is 0 Å². The van der Waals surface area contributed by atoms with Crippen LogP contribution in [0.15, 0.2) is 12.3 Å². The number of nitrogens with zero attached hydrogens (tertiary/aromatic N) is 2. The second kappa shape index (κ2) is 8.51. The molecule has 1 aromatic heterocycles. The molecule has 0 aliphatic carbocycles. The Morgan fingerprint density at radius 2 is 2.00 bits per heavy atom. The van der Waals surface area contributed by atoms with Gasteiger partial charge in [-0.1, -0.05) is 20.8 Å². The largest absolute Gasteiger partial charge is 0.374 e. The number of hydrazine groups is 1. The van der Waals surface area contributed by atoms with Crippen molar-refractivity contribution in [2.45, 2.75) is 78.0 Å². The lowest BCUT2D eigenvalue weighted by Crippen LogP contribution is -2.54. The molecule has 1 heterocycles. The summed E-state index contributed by atoms with van der Waals surface area (Å²) in [6.07, 6.45) is 5.95. The topological polar surface area (TPSA) is 65.1 Å². The van der Waals surface area contributed by atoms with Gasteiger partial charge in [0.1, 0.15) is 0 Å². The number of rotatable bonds is 10. The molecular weight excluding hydrogens is 264 g/mol. The molecule has 3 N–H and O–H groups in total. The van der Waals surface area contributed by atoms with Crippen molar-refractivity contribution in [1.82, 2.24) is 15.2 Å². The molecule has 0 aliphatic rings. The van der Waals surface area contributed by atoms with Crippen molar-refractivity contribution in [2.24, 2.45) is 5.84 Å². The van der Waals surface area contributed by atoms with E-state index in [0.29, 0.717) is 12.6 Å². The molecule has 2 unspecified atom stereocenters. The van der Waals surface area contributed by atoms with Crippen molar-refractivity contribution in [1.29, 1.82) is 0 Å². The number of ether oxygens (including phenoxy) is 1. The predicted molar refractivity (Wildman–Crippen MR) is 87.0 cm³/mol. The van der Waals surface area contributed by atoms with Crippen LogP contribution in [0.1, 0.15) is 65.6 Å². The fourth-order valence-corrected chi connectivity index (χ4v) is 2.79. The fourth-order valence-electron chi connectivity index (χ4n) is 2.79. The maximum atomic E-state index is 5.92. The smallest absolute Gasteiger partial charge is 0.0821 e. The number of aromatic nitrogens is 2. The molecule has 2 atom stereocenters. The molecule has 1 rings (SSSR count). The molecule has 0 aliphatic heterocycles. The molecule has 1 aromatic rings. The Kier molecular flexibility index (Phi) is 7.35. The van der Waals surface area contributed by atoms with E-state index in [4.69, 9.17) is 15.7 Å². The first-order chi connectivity index (χ1) is 10.0. The van der Waals surface area contributed by atoms with Crippen LogP contribution < -0.4 is 11.3 Å². The highest BCUT2D eigenvalue weighted by Gasteiger charge is 2.33.